The van der Waals surface area contributed by atoms with Crippen molar-refractivity contribution < 1.29 is 30.0 Å². The Kier molecular flexibility index (Phi) is 7.74. The number of ether oxygens (including phenoxy) is 1. The highest BCUT2D eigenvalue weighted by molar-refractivity contribution is 5.82. The molecule has 0 radical (unpaired) electrons. The van der Waals surface area contributed by atoms with Crippen molar-refractivity contribution in [3.63, 3.8) is 0 Å². The molecule has 16 heavy (non-hydrogen) atoms. The van der Waals surface area contributed by atoms with E-state index in [1.165, 1.54) is 7.11 Å². The van der Waals surface area contributed by atoms with E-state index >= 15 is 0 Å². The minimum Gasteiger partial charge on any atom is -0.466 e. The fraction of sp³-hybridized carbons (Fsp3) is 0.700. The number of rotatable bonds is 7. The van der Waals surface area contributed by atoms with Gasteiger partial charge in [0, 0.05) is 6.08 Å². The summed E-state index contributed by atoms with van der Waals surface area (Å²) in [5.74, 6) is -0.606. The van der Waals surface area contributed by atoms with Crippen molar-refractivity contribution in [1.82, 2.24) is 0 Å². The number of methoxy groups -OCH3 is 1. The van der Waals surface area contributed by atoms with E-state index < -0.39 is 31.4 Å². The van der Waals surface area contributed by atoms with Crippen LogP contribution in [0.25, 0.3) is 0 Å². The van der Waals surface area contributed by atoms with Crippen molar-refractivity contribution in [2.75, 3.05) is 20.3 Å². The van der Waals surface area contributed by atoms with Crippen LogP contribution < -0.4 is 0 Å². The van der Waals surface area contributed by atoms with E-state index in [-0.39, 0.29) is 12.8 Å². The lowest BCUT2D eigenvalue weighted by atomic mass is 10.0. The van der Waals surface area contributed by atoms with Gasteiger partial charge in [0.2, 0.25) is 0 Å². The molecular weight excluding hydrogens is 216 g/mol. The number of carbonyl (C=O) groups excluding carboxylic acids is 1. The van der Waals surface area contributed by atoms with Crippen molar-refractivity contribution in [3.05, 3.63) is 11.6 Å². The standard InChI is InChI=1S/C10H18O6/c1-16-10(15)4-7(2-8(13)5-11)3-9(14)6-12/h4,8-9,11-14H,2-3,5-6H2,1H3/t8-,9-/m1/s1. The summed E-state index contributed by atoms with van der Waals surface area (Å²) in [5.41, 5.74) is 0.412. The summed E-state index contributed by atoms with van der Waals surface area (Å²) in [6, 6.07) is 0. The number of aliphatic hydroxyl groups is 4. The maximum atomic E-state index is 11.0. The second-order valence-corrected chi connectivity index (χ2v) is 3.41. The molecule has 0 saturated heterocycles. The Bertz CT molecular complexity index is 223. The Morgan fingerprint density at radius 2 is 1.62 bits per heavy atom. The number of esters is 1. The molecule has 6 nitrogen and oxygen atoms in total. The van der Waals surface area contributed by atoms with Crippen molar-refractivity contribution >= 4 is 5.97 Å². The summed E-state index contributed by atoms with van der Waals surface area (Å²) in [5, 5.41) is 35.7. The van der Waals surface area contributed by atoms with E-state index in [2.05, 4.69) is 4.74 Å². The van der Waals surface area contributed by atoms with E-state index in [0.717, 1.165) is 6.08 Å². The average Bonchev–Trinajstić information content (AvgIpc) is 2.28. The summed E-state index contributed by atoms with van der Waals surface area (Å²) in [6.07, 6.45) is -0.771. The Balaban J connectivity index is 4.49. The predicted octanol–water partition coefficient (Wildman–Crippen LogP) is -1.43. The smallest absolute Gasteiger partial charge is 0.330 e. The molecule has 0 aliphatic heterocycles. The topological polar surface area (TPSA) is 107 Å². The molecule has 0 saturated carbocycles. The zero-order valence-electron chi connectivity index (χ0n) is 9.17. The van der Waals surface area contributed by atoms with Gasteiger partial charge in [-0.15, -0.1) is 0 Å². The van der Waals surface area contributed by atoms with Gasteiger partial charge in [0.15, 0.2) is 0 Å². The molecule has 0 aromatic carbocycles. The third-order valence-electron chi connectivity index (χ3n) is 1.94. The third-order valence-corrected chi connectivity index (χ3v) is 1.94. The molecular formula is C10H18O6. The molecule has 94 valence electrons. The third kappa shape index (κ3) is 6.52. The van der Waals surface area contributed by atoms with Crippen LogP contribution in [-0.4, -0.2) is 58.9 Å². The number of carbonyl (C=O) groups is 1. The van der Waals surface area contributed by atoms with Crippen LogP contribution in [0.4, 0.5) is 0 Å². The van der Waals surface area contributed by atoms with E-state index in [9.17, 15) is 15.0 Å². The largest absolute Gasteiger partial charge is 0.466 e. The van der Waals surface area contributed by atoms with E-state index in [4.69, 9.17) is 10.2 Å². The van der Waals surface area contributed by atoms with Gasteiger partial charge in [0.05, 0.1) is 32.5 Å². The van der Waals surface area contributed by atoms with Crippen LogP contribution in [0.2, 0.25) is 0 Å². The molecule has 0 rings (SSSR count). The average molecular weight is 234 g/mol. The lowest BCUT2D eigenvalue weighted by molar-refractivity contribution is -0.134. The number of hydrogen-bond acceptors (Lipinski definition) is 6. The molecule has 0 amide bonds. The van der Waals surface area contributed by atoms with Crippen LogP contribution in [0.15, 0.2) is 11.6 Å². The Hall–Kier alpha value is -0.950. The maximum Gasteiger partial charge on any atom is 0.330 e. The molecule has 0 heterocycles. The minimum absolute atomic E-state index is 0.0443. The fourth-order valence-corrected chi connectivity index (χ4v) is 1.16. The first-order valence-electron chi connectivity index (χ1n) is 4.88. The highest BCUT2D eigenvalue weighted by atomic mass is 16.5. The van der Waals surface area contributed by atoms with E-state index in [0.29, 0.717) is 5.57 Å². The monoisotopic (exact) mass is 234 g/mol. The lowest BCUT2D eigenvalue weighted by Gasteiger charge is -2.13. The van der Waals surface area contributed by atoms with Crippen molar-refractivity contribution in [2.45, 2.75) is 25.0 Å². The molecule has 2 atom stereocenters. The molecule has 0 bridgehead atoms. The number of hydrogen-bond donors (Lipinski definition) is 4. The van der Waals surface area contributed by atoms with Gasteiger partial charge in [-0.2, -0.15) is 0 Å². The second kappa shape index (κ2) is 8.23. The van der Waals surface area contributed by atoms with Crippen LogP contribution in [0.3, 0.4) is 0 Å². The summed E-state index contributed by atoms with van der Waals surface area (Å²) in [7, 11) is 1.21. The van der Waals surface area contributed by atoms with Crippen LogP contribution in [0, 0.1) is 0 Å². The zero-order valence-corrected chi connectivity index (χ0v) is 9.17. The second-order valence-electron chi connectivity index (χ2n) is 3.41. The van der Waals surface area contributed by atoms with Gasteiger partial charge in [0.25, 0.3) is 0 Å². The van der Waals surface area contributed by atoms with Gasteiger partial charge in [0.1, 0.15) is 0 Å². The minimum atomic E-state index is -0.998. The van der Waals surface area contributed by atoms with Gasteiger partial charge >= 0.3 is 5.97 Å². The molecule has 0 unspecified atom stereocenters. The van der Waals surface area contributed by atoms with Crippen LogP contribution in [0.1, 0.15) is 12.8 Å². The van der Waals surface area contributed by atoms with E-state index in [1.54, 1.807) is 0 Å². The molecule has 0 aliphatic rings. The predicted molar refractivity (Wildman–Crippen MR) is 55.5 cm³/mol. The van der Waals surface area contributed by atoms with Crippen molar-refractivity contribution in [1.29, 1.82) is 0 Å². The van der Waals surface area contributed by atoms with Crippen molar-refractivity contribution in [2.24, 2.45) is 0 Å². The summed E-state index contributed by atoms with van der Waals surface area (Å²) in [4.78, 5) is 11.0. The SMILES string of the molecule is COC(=O)C=C(C[C@@H](O)CO)C[C@@H](O)CO. The fourth-order valence-electron chi connectivity index (χ4n) is 1.16. The maximum absolute atomic E-state index is 11.0. The lowest BCUT2D eigenvalue weighted by Crippen LogP contribution is -2.18. The first kappa shape index (κ1) is 15.0. The normalized spacial score (nSPS) is 14.1. The summed E-state index contributed by atoms with van der Waals surface area (Å²) in [6.45, 7) is -0.874. The highest BCUT2D eigenvalue weighted by Gasteiger charge is 2.12. The van der Waals surface area contributed by atoms with Gasteiger partial charge in [-0.25, -0.2) is 4.79 Å². The van der Waals surface area contributed by atoms with Crippen LogP contribution >= 0.6 is 0 Å². The molecule has 0 fully saturated rings. The molecule has 0 aliphatic carbocycles. The van der Waals surface area contributed by atoms with Crippen molar-refractivity contribution in [3.8, 4) is 0 Å². The van der Waals surface area contributed by atoms with Gasteiger partial charge in [-0.1, -0.05) is 5.57 Å². The number of aliphatic hydroxyl groups excluding tert-OH is 4. The molecule has 0 aromatic rings. The zero-order chi connectivity index (χ0) is 12.6. The first-order chi connectivity index (χ1) is 7.53. The quantitative estimate of drug-likeness (QED) is 0.318. The molecule has 0 aromatic heterocycles. The Morgan fingerprint density at radius 1 is 1.19 bits per heavy atom. The highest BCUT2D eigenvalue weighted by Crippen LogP contribution is 2.13. The van der Waals surface area contributed by atoms with Crippen LogP contribution in [-0.2, 0) is 9.53 Å². The van der Waals surface area contributed by atoms with Gasteiger partial charge in [-0.05, 0) is 12.8 Å². The summed E-state index contributed by atoms with van der Waals surface area (Å²) < 4.78 is 4.41. The van der Waals surface area contributed by atoms with Gasteiger partial charge in [-0.3, -0.25) is 0 Å². The molecule has 4 N–H and O–H groups in total. The Morgan fingerprint density at radius 3 is 1.94 bits per heavy atom. The van der Waals surface area contributed by atoms with Gasteiger partial charge < -0.3 is 25.2 Å². The first-order valence-corrected chi connectivity index (χ1v) is 4.88. The summed E-state index contributed by atoms with van der Waals surface area (Å²) >= 11 is 0. The Labute approximate surface area is 93.8 Å². The van der Waals surface area contributed by atoms with E-state index in [1.807, 2.05) is 0 Å². The molecule has 0 spiro atoms. The van der Waals surface area contributed by atoms with Crippen LogP contribution in [0.5, 0.6) is 0 Å². The molecule has 6 heteroatoms.